The van der Waals surface area contributed by atoms with Crippen LogP contribution in [0.2, 0.25) is 0 Å². The van der Waals surface area contributed by atoms with Gasteiger partial charge in [-0.1, -0.05) is 25.0 Å². The number of ether oxygens (including phenoxy) is 1. The van der Waals surface area contributed by atoms with Crippen molar-refractivity contribution in [3.05, 3.63) is 12.2 Å². The van der Waals surface area contributed by atoms with Crippen LogP contribution in [0.5, 0.6) is 0 Å². The number of amides is 4. The minimum atomic E-state index is -0.754. The van der Waals surface area contributed by atoms with Gasteiger partial charge in [0.05, 0.1) is 5.92 Å². The fourth-order valence-electron chi connectivity index (χ4n) is 4.09. The van der Waals surface area contributed by atoms with E-state index in [9.17, 15) is 19.2 Å². The number of rotatable bonds is 11. The lowest BCUT2D eigenvalue weighted by atomic mass is 10.0. The molecule has 0 aromatic rings. The monoisotopic (exact) mass is 451 g/mol. The molecule has 9 heteroatoms. The number of hydrogen-bond donors (Lipinski definition) is 3. The number of hydrogen-bond acceptors (Lipinski definition) is 5. The van der Waals surface area contributed by atoms with Gasteiger partial charge < -0.3 is 20.7 Å². The minimum Gasteiger partial charge on any atom is -0.444 e. The molecule has 1 aliphatic carbocycles. The van der Waals surface area contributed by atoms with Crippen LogP contribution in [-0.2, 0) is 19.1 Å². The molecule has 1 saturated heterocycles. The molecule has 0 unspecified atom stereocenters. The molecular weight excluding hydrogens is 412 g/mol. The number of nitrogens with one attached hydrogen (secondary N) is 1. The van der Waals surface area contributed by atoms with Crippen molar-refractivity contribution < 1.29 is 29.6 Å². The van der Waals surface area contributed by atoms with E-state index < -0.39 is 29.7 Å². The van der Waals surface area contributed by atoms with Gasteiger partial charge in [-0.2, -0.15) is 0 Å². The summed E-state index contributed by atoms with van der Waals surface area (Å²) in [5, 5.41) is 2.69. The molecule has 4 atom stereocenters. The number of carbonyl (C=O) groups excluding carboxylic acids is 4. The van der Waals surface area contributed by atoms with E-state index in [1.54, 1.807) is 20.8 Å². The molecule has 0 aromatic carbocycles. The molecule has 1 saturated carbocycles. The SMILES string of the molecule is CC(C)(C)OC(=O)N[C@@H](CCCCC/C=C\[C@@H]1C[C@@H]1C([NH3+])=O)C(=O)N1CCC[C@H]1C(N)=O. The Hall–Kier alpha value is -2.42. The highest BCUT2D eigenvalue weighted by Crippen LogP contribution is 2.38. The molecule has 2 rings (SSSR count). The second kappa shape index (κ2) is 11.4. The van der Waals surface area contributed by atoms with Crippen LogP contribution < -0.4 is 16.8 Å². The quantitative estimate of drug-likeness (QED) is 0.320. The number of nitrogens with two attached hydrogens (primary N) is 1. The van der Waals surface area contributed by atoms with E-state index in [0.717, 1.165) is 32.1 Å². The number of likely N-dealkylation sites (tertiary alicyclic amines) is 1. The second-order valence-corrected chi connectivity index (χ2v) is 9.83. The summed E-state index contributed by atoms with van der Waals surface area (Å²) in [6.07, 6.45) is 9.69. The predicted molar refractivity (Wildman–Crippen MR) is 119 cm³/mol. The van der Waals surface area contributed by atoms with Gasteiger partial charge in [-0.25, -0.2) is 9.59 Å². The Labute approximate surface area is 190 Å². The zero-order valence-corrected chi connectivity index (χ0v) is 19.6. The van der Waals surface area contributed by atoms with Gasteiger partial charge in [0.2, 0.25) is 11.8 Å². The molecule has 32 heavy (non-hydrogen) atoms. The van der Waals surface area contributed by atoms with E-state index >= 15 is 0 Å². The Bertz CT molecular complexity index is 730. The summed E-state index contributed by atoms with van der Waals surface area (Å²) in [7, 11) is 0. The first-order valence-electron chi connectivity index (χ1n) is 11.6. The highest BCUT2D eigenvalue weighted by molar-refractivity contribution is 5.91. The van der Waals surface area contributed by atoms with Gasteiger partial charge in [-0.3, -0.25) is 15.3 Å². The van der Waals surface area contributed by atoms with Crippen LogP contribution in [0, 0.1) is 11.8 Å². The van der Waals surface area contributed by atoms with E-state index in [0.29, 0.717) is 31.7 Å². The van der Waals surface area contributed by atoms with Crippen LogP contribution >= 0.6 is 0 Å². The number of nitrogens with zero attached hydrogens (tertiary/aromatic N) is 1. The number of allylic oxidation sites excluding steroid dienone is 2. The Kier molecular flexibility index (Phi) is 9.24. The zero-order valence-electron chi connectivity index (χ0n) is 19.6. The Morgan fingerprint density at radius 3 is 2.53 bits per heavy atom. The number of carbonyl (C=O) groups is 4. The molecule has 9 nitrogen and oxygen atoms in total. The number of unbranched alkanes of at least 4 members (excludes halogenated alkanes) is 3. The van der Waals surface area contributed by atoms with E-state index in [-0.39, 0.29) is 17.7 Å². The maximum Gasteiger partial charge on any atom is 0.408 e. The van der Waals surface area contributed by atoms with Crippen molar-refractivity contribution in [1.82, 2.24) is 10.2 Å². The van der Waals surface area contributed by atoms with Crippen LogP contribution in [0.1, 0.15) is 72.1 Å². The predicted octanol–water partition coefficient (Wildman–Crippen LogP) is 1.27. The topological polar surface area (TPSA) is 146 Å². The lowest BCUT2D eigenvalue weighted by molar-refractivity contribution is -0.308. The lowest BCUT2D eigenvalue weighted by Gasteiger charge is -2.28. The van der Waals surface area contributed by atoms with Crippen molar-refractivity contribution in [1.29, 1.82) is 0 Å². The summed E-state index contributed by atoms with van der Waals surface area (Å²) >= 11 is 0. The molecule has 0 bridgehead atoms. The smallest absolute Gasteiger partial charge is 0.408 e. The van der Waals surface area contributed by atoms with E-state index in [1.165, 1.54) is 4.90 Å². The highest BCUT2D eigenvalue weighted by atomic mass is 16.6. The molecule has 2 aliphatic rings. The van der Waals surface area contributed by atoms with Crippen molar-refractivity contribution in [3.63, 3.8) is 0 Å². The van der Waals surface area contributed by atoms with Gasteiger partial charge in [0.1, 0.15) is 17.7 Å². The third-order valence-electron chi connectivity index (χ3n) is 5.85. The molecule has 0 spiro atoms. The fraction of sp³-hybridized carbons (Fsp3) is 0.739. The van der Waals surface area contributed by atoms with Crippen LogP contribution in [0.15, 0.2) is 12.2 Å². The Morgan fingerprint density at radius 1 is 1.22 bits per heavy atom. The maximum absolute atomic E-state index is 13.1. The maximum atomic E-state index is 13.1. The molecule has 4 amide bonds. The summed E-state index contributed by atoms with van der Waals surface area (Å²) in [6.45, 7) is 5.74. The van der Waals surface area contributed by atoms with Gasteiger partial charge in [0.25, 0.3) is 0 Å². The van der Waals surface area contributed by atoms with Crippen LogP contribution in [0.25, 0.3) is 0 Å². The molecule has 180 valence electrons. The van der Waals surface area contributed by atoms with Gasteiger partial charge in [-0.15, -0.1) is 0 Å². The van der Waals surface area contributed by atoms with Gasteiger partial charge in [0, 0.05) is 6.54 Å². The Balaban J connectivity index is 1.83. The van der Waals surface area contributed by atoms with Gasteiger partial charge >= 0.3 is 12.0 Å². The molecule has 0 aromatic heterocycles. The standard InChI is InChI=1S/C23H38N4O5/c1-23(2,3)32-22(31)26-17(21(30)27-13-9-12-18(27)20(25)29)11-8-6-4-5-7-10-15-14-16(15)19(24)28/h7,10,15-18H,4-6,8-9,11-14H2,1-3H3,(H2,24,28)(H2,25,29)(H,26,31)/p+1/b10-7-/t15-,16+,17+,18+/m1/s1. The molecule has 1 heterocycles. The molecular formula is C23H39N4O5+. The summed E-state index contributed by atoms with van der Waals surface area (Å²) < 4.78 is 5.32. The highest BCUT2D eigenvalue weighted by Gasteiger charge is 2.42. The summed E-state index contributed by atoms with van der Waals surface area (Å²) in [5.74, 6) is -0.332. The van der Waals surface area contributed by atoms with Crippen molar-refractivity contribution in [2.45, 2.75) is 89.8 Å². The van der Waals surface area contributed by atoms with Crippen molar-refractivity contribution >= 4 is 23.8 Å². The molecule has 2 fully saturated rings. The van der Waals surface area contributed by atoms with Gasteiger partial charge in [-0.05, 0) is 65.2 Å². The van der Waals surface area contributed by atoms with Crippen LogP contribution in [-0.4, -0.2) is 52.9 Å². The summed E-state index contributed by atoms with van der Waals surface area (Å²) in [5.41, 5.74) is 8.25. The normalized spacial score (nSPS) is 23.8. The Morgan fingerprint density at radius 2 is 1.94 bits per heavy atom. The first-order chi connectivity index (χ1) is 15.0. The number of quaternary nitrogens is 1. The summed E-state index contributed by atoms with van der Waals surface area (Å²) in [6, 6.07) is -1.37. The van der Waals surface area contributed by atoms with E-state index in [1.807, 2.05) is 0 Å². The number of alkyl carbamates (subject to hydrolysis) is 1. The first kappa shape index (κ1) is 25.8. The minimum absolute atomic E-state index is 0.0180. The third-order valence-corrected chi connectivity index (χ3v) is 5.85. The average molecular weight is 452 g/mol. The summed E-state index contributed by atoms with van der Waals surface area (Å²) in [4.78, 5) is 49.8. The second-order valence-electron chi connectivity index (χ2n) is 9.83. The largest absolute Gasteiger partial charge is 0.444 e. The van der Waals surface area contributed by atoms with E-state index in [2.05, 4.69) is 23.2 Å². The van der Waals surface area contributed by atoms with Crippen molar-refractivity contribution in [3.8, 4) is 0 Å². The van der Waals surface area contributed by atoms with E-state index in [4.69, 9.17) is 10.5 Å². The van der Waals surface area contributed by atoms with Crippen molar-refractivity contribution in [2.75, 3.05) is 6.54 Å². The number of primary amides is 1. The average Bonchev–Trinajstić information content (AvgIpc) is 3.28. The first-order valence-corrected chi connectivity index (χ1v) is 11.6. The van der Waals surface area contributed by atoms with Crippen LogP contribution in [0.3, 0.4) is 0 Å². The molecule has 0 radical (unpaired) electrons. The third kappa shape index (κ3) is 8.26. The lowest BCUT2D eigenvalue weighted by Crippen LogP contribution is -2.58. The van der Waals surface area contributed by atoms with Crippen molar-refractivity contribution in [2.24, 2.45) is 17.6 Å². The van der Waals surface area contributed by atoms with Crippen LogP contribution in [0.4, 0.5) is 4.79 Å². The van der Waals surface area contributed by atoms with Gasteiger partial charge in [0.15, 0.2) is 0 Å². The molecule has 6 N–H and O–H groups in total. The zero-order chi connectivity index (χ0) is 23.9. The molecule has 1 aliphatic heterocycles. The fourth-order valence-corrected chi connectivity index (χ4v) is 4.09.